The molecule has 0 spiro atoms. The number of aliphatic hydroxyl groups is 1. The molecule has 0 radical (unpaired) electrons. The van der Waals surface area contributed by atoms with Gasteiger partial charge in [0.25, 0.3) is 0 Å². The number of nitrogens with zero attached hydrogens (tertiary/aromatic N) is 3. The fraction of sp³-hybridized carbons (Fsp3) is 0.250. The first-order chi connectivity index (χ1) is 6.70. The Hall–Kier alpha value is -1.14. The van der Waals surface area contributed by atoms with Crippen molar-refractivity contribution in [3.05, 3.63) is 28.2 Å². The van der Waals surface area contributed by atoms with Crippen LogP contribution in [0.2, 0.25) is 0 Å². The molecule has 0 saturated heterocycles. The van der Waals surface area contributed by atoms with Gasteiger partial charge >= 0.3 is 0 Å². The molecular formula is C8H9BrN4O. The van der Waals surface area contributed by atoms with E-state index in [1.807, 2.05) is 25.1 Å². The molecule has 2 N–H and O–H groups in total. The van der Waals surface area contributed by atoms with Crippen molar-refractivity contribution in [3.8, 4) is 0 Å². The van der Waals surface area contributed by atoms with Gasteiger partial charge in [-0.25, -0.2) is 5.43 Å². The van der Waals surface area contributed by atoms with Gasteiger partial charge in [0.15, 0.2) is 0 Å². The van der Waals surface area contributed by atoms with Crippen molar-refractivity contribution >= 4 is 21.6 Å². The Morgan fingerprint density at radius 1 is 1.57 bits per heavy atom. The van der Waals surface area contributed by atoms with Gasteiger partial charge < -0.3 is 5.11 Å². The maximum absolute atomic E-state index is 9.47. The maximum Gasteiger partial charge on any atom is 0.243 e. The summed E-state index contributed by atoms with van der Waals surface area (Å²) in [6, 6.07) is 5.69. The molecule has 1 aromatic carbocycles. The highest BCUT2D eigenvalue weighted by molar-refractivity contribution is 9.10. The van der Waals surface area contributed by atoms with Crippen molar-refractivity contribution in [2.45, 2.75) is 13.3 Å². The molecule has 1 heterocycles. The van der Waals surface area contributed by atoms with Gasteiger partial charge in [0.1, 0.15) is 0 Å². The van der Waals surface area contributed by atoms with E-state index in [0.717, 1.165) is 15.7 Å². The van der Waals surface area contributed by atoms with E-state index in [1.165, 1.54) is 5.01 Å². The quantitative estimate of drug-likeness (QED) is 0.805. The molecule has 0 aromatic heterocycles. The number of rotatable bonds is 1. The second-order valence-electron chi connectivity index (χ2n) is 2.92. The van der Waals surface area contributed by atoms with Crippen molar-refractivity contribution in [3.63, 3.8) is 0 Å². The van der Waals surface area contributed by atoms with E-state index < -0.39 is 6.35 Å². The highest BCUT2D eigenvalue weighted by atomic mass is 79.9. The van der Waals surface area contributed by atoms with Gasteiger partial charge in [0, 0.05) is 4.47 Å². The minimum Gasteiger partial charge on any atom is -0.354 e. The highest BCUT2D eigenvalue weighted by Gasteiger charge is 2.22. The van der Waals surface area contributed by atoms with Crippen LogP contribution in [0.15, 0.2) is 33.1 Å². The summed E-state index contributed by atoms with van der Waals surface area (Å²) in [4.78, 5) is 0. The largest absolute Gasteiger partial charge is 0.354 e. The Morgan fingerprint density at radius 2 is 2.36 bits per heavy atom. The average Bonchev–Trinajstić information content (AvgIpc) is 2.57. The fourth-order valence-corrected chi connectivity index (χ4v) is 1.61. The lowest BCUT2D eigenvalue weighted by Crippen LogP contribution is -2.34. The zero-order valence-electron chi connectivity index (χ0n) is 7.48. The third kappa shape index (κ3) is 1.46. The van der Waals surface area contributed by atoms with Gasteiger partial charge in [0.2, 0.25) is 6.35 Å². The predicted octanol–water partition coefficient (Wildman–Crippen LogP) is 1.73. The molecule has 6 heteroatoms. The number of nitrogens with one attached hydrogen (secondary N) is 1. The molecule has 1 aliphatic rings. The number of anilines is 1. The van der Waals surface area contributed by atoms with E-state index in [1.54, 1.807) is 0 Å². The van der Waals surface area contributed by atoms with Crippen molar-refractivity contribution < 1.29 is 5.11 Å². The van der Waals surface area contributed by atoms with Crippen LogP contribution in [-0.2, 0) is 0 Å². The number of hydrogen-bond acceptors (Lipinski definition) is 5. The Balaban J connectivity index is 2.41. The number of halogens is 1. The molecule has 2 rings (SSSR count). The highest BCUT2D eigenvalue weighted by Crippen LogP contribution is 2.28. The van der Waals surface area contributed by atoms with E-state index in [9.17, 15) is 5.11 Å². The van der Waals surface area contributed by atoms with Crippen LogP contribution in [0.4, 0.5) is 5.69 Å². The van der Waals surface area contributed by atoms with Crippen molar-refractivity contribution in [2.24, 2.45) is 10.4 Å². The van der Waals surface area contributed by atoms with Crippen molar-refractivity contribution in [1.82, 2.24) is 5.43 Å². The first-order valence-corrected chi connectivity index (χ1v) is 4.88. The Morgan fingerprint density at radius 3 is 3.00 bits per heavy atom. The lowest BCUT2D eigenvalue weighted by Gasteiger charge is -2.18. The normalized spacial score (nSPS) is 19.9. The molecule has 0 saturated carbocycles. The van der Waals surface area contributed by atoms with Gasteiger partial charge in [-0.05, 0) is 29.8 Å². The second kappa shape index (κ2) is 3.55. The van der Waals surface area contributed by atoms with E-state index in [4.69, 9.17) is 0 Å². The zero-order valence-corrected chi connectivity index (χ0v) is 9.06. The SMILES string of the molecule is Cc1c(Br)cccc1N1N=NNC1O. The summed E-state index contributed by atoms with van der Waals surface area (Å²) in [5.74, 6) is 0. The van der Waals surface area contributed by atoms with Gasteiger partial charge in [-0.3, -0.25) is 0 Å². The summed E-state index contributed by atoms with van der Waals surface area (Å²) >= 11 is 3.41. The monoisotopic (exact) mass is 256 g/mol. The number of benzene rings is 1. The molecule has 5 nitrogen and oxygen atoms in total. The lowest BCUT2D eigenvalue weighted by molar-refractivity contribution is 0.154. The third-order valence-electron chi connectivity index (χ3n) is 2.03. The first-order valence-electron chi connectivity index (χ1n) is 4.09. The zero-order chi connectivity index (χ0) is 10.1. The molecule has 0 bridgehead atoms. The van der Waals surface area contributed by atoms with Gasteiger partial charge in [-0.1, -0.05) is 27.2 Å². The molecule has 1 aliphatic heterocycles. The van der Waals surface area contributed by atoms with Crippen LogP contribution >= 0.6 is 15.9 Å². The lowest BCUT2D eigenvalue weighted by atomic mass is 10.2. The van der Waals surface area contributed by atoms with E-state index in [2.05, 4.69) is 31.8 Å². The Labute approximate surface area is 89.5 Å². The maximum atomic E-state index is 9.47. The minimum atomic E-state index is -0.886. The molecule has 0 fully saturated rings. The smallest absolute Gasteiger partial charge is 0.243 e. The van der Waals surface area contributed by atoms with Crippen molar-refractivity contribution in [2.75, 3.05) is 5.01 Å². The van der Waals surface area contributed by atoms with Crippen LogP contribution in [0.1, 0.15) is 5.56 Å². The van der Waals surface area contributed by atoms with Gasteiger partial charge in [-0.2, -0.15) is 5.01 Å². The summed E-state index contributed by atoms with van der Waals surface area (Å²) in [7, 11) is 0. The molecule has 0 amide bonds. The number of hydrogen-bond donors (Lipinski definition) is 2. The Bertz CT molecular complexity index is 382. The van der Waals surface area contributed by atoms with Crippen LogP contribution in [0.3, 0.4) is 0 Å². The van der Waals surface area contributed by atoms with Crippen molar-refractivity contribution in [1.29, 1.82) is 0 Å². The van der Waals surface area contributed by atoms with Crippen LogP contribution in [0, 0.1) is 6.92 Å². The van der Waals surface area contributed by atoms with Crippen LogP contribution < -0.4 is 10.4 Å². The minimum absolute atomic E-state index is 0.820. The third-order valence-corrected chi connectivity index (χ3v) is 2.89. The van der Waals surface area contributed by atoms with Crippen LogP contribution in [0.5, 0.6) is 0 Å². The molecule has 0 aliphatic carbocycles. The van der Waals surface area contributed by atoms with E-state index >= 15 is 0 Å². The topological polar surface area (TPSA) is 60.2 Å². The summed E-state index contributed by atoms with van der Waals surface area (Å²) in [5, 5.41) is 18.2. The number of aliphatic hydroxyl groups excluding tert-OH is 1. The molecule has 74 valence electrons. The van der Waals surface area contributed by atoms with Gasteiger partial charge in [-0.15, -0.1) is 0 Å². The summed E-state index contributed by atoms with van der Waals surface area (Å²) in [6.45, 7) is 1.94. The van der Waals surface area contributed by atoms with Gasteiger partial charge in [0.05, 0.1) is 5.69 Å². The first kappa shape index (κ1) is 9.42. The second-order valence-corrected chi connectivity index (χ2v) is 3.78. The average molecular weight is 257 g/mol. The molecule has 14 heavy (non-hydrogen) atoms. The molecular weight excluding hydrogens is 248 g/mol. The summed E-state index contributed by atoms with van der Waals surface area (Å²) < 4.78 is 0.976. The summed E-state index contributed by atoms with van der Waals surface area (Å²) in [5.41, 5.74) is 4.27. The molecule has 1 aromatic rings. The van der Waals surface area contributed by atoms with Crippen LogP contribution in [-0.4, -0.2) is 11.5 Å². The molecule has 1 unspecified atom stereocenters. The van der Waals surface area contributed by atoms with E-state index in [0.29, 0.717) is 0 Å². The fourth-order valence-electron chi connectivity index (χ4n) is 1.25. The standard InChI is InChI=1S/C8H9BrN4O/c1-5-6(9)3-2-4-7(5)13-8(14)10-11-12-13/h2-4,8,14H,1H3,(H,10,12). The van der Waals surface area contributed by atoms with Crippen LogP contribution in [0.25, 0.3) is 0 Å². The Kier molecular flexibility index (Phi) is 2.39. The predicted molar refractivity (Wildman–Crippen MR) is 55.4 cm³/mol. The van der Waals surface area contributed by atoms with E-state index in [-0.39, 0.29) is 0 Å². The molecule has 1 atom stereocenters. The summed E-state index contributed by atoms with van der Waals surface area (Å²) in [6.07, 6.45) is -0.886.